The third-order valence-electron chi connectivity index (χ3n) is 2.44. The molecule has 0 radical (unpaired) electrons. The molecule has 0 atom stereocenters. The Balaban J connectivity index is 2.01. The van der Waals surface area contributed by atoms with Crippen molar-refractivity contribution in [3.63, 3.8) is 0 Å². The van der Waals surface area contributed by atoms with Gasteiger partial charge in [0.15, 0.2) is 6.61 Å². The van der Waals surface area contributed by atoms with Crippen molar-refractivity contribution in [2.75, 3.05) is 6.61 Å². The number of para-hydroxylation sites is 1. The topological polar surface area (TPSA) is 114 Å². The fourth-order valence-corrected chi connectivity index (χ4v) is 1.49. The van der Waals surface area contributed by atoms with Gasteiger partial charge in [-0.1, -0.05) is 12.1 Å². The van der Waals surface area contributed by atoms with E-state index in [-0.39, 0.29) is 5.69 Å². The molecule has 0 spiro atoms. The van der Waals surface area contributed by atoms with Gasteiger partial charge in [-0.3, -0.25) is 9.78 Å². The summed E-state index contributed by atoms with van der Waals surface area (Å²) in [7, 11) is 0. The Kier molecular flexibility index (Phi) is 5.14. The Morgan fingerprint density at radius 1 is 1.32 bits per heavy atom. The van der Waals surface area contributed by atoms with Crippen molar-refractivity contribution in [1.29, 1.82) is 0 Å². The average molecular weight is 300 g/mol. The second-order valence-corrected chi connectivity index (χ2v) is 4.01. The Hall–Kier alpha value is -3.29. The van der Waals surface area contributed by atoms with Gasteiger partial charge < -0.3 is 9.84 Å². The van der Waals surface area contributed by atoms with Crippen LogP contribution in [0.5, 0.6) is 5.75 Å². The van der Waals surface area contributed by atoms with Gasteiger partial charge in [0.2, 0.25) is 0 Å². The summed E-state index contributed by atoms with van der Waals surface area (Å²) in [5.74, 6) is -1.24. The molecule has 1 heterocycles. The van der Waals surface area contributed by atoms with Crippen LogP contribution in [-0.2, 0) is 4.79 Å². The van der Waals surface area contributed by atoms with Gasteiger partial charge in [0.05, 0.1) is 12.4 Å². The van der Waals surface area contributed by atoms with Crippen LogP contribution in [0.2, 0.25) is 0 Å². The predicted molar refractivity (Wildman–Crippen MR) is 76.7 cm³/mol. The summed E-state index contributed by atoms with van der Waals surface area (Å²) in [6.45, 7) is -0.461. The lowest BCUT2D eigenvalue weighted by Crippen LogP contribution is -2.19. The van der Waals surface area contributed by atoms with Crippen molar-refractivity contribution in [3.05, 3.63) is 54.1 Å². The van der Waals surface area contributed by atoms with Crippen LogP contribution >= 0.6 is 0 Å². The van der Waals surface area contributed by atoms with Crippen LogP contribution in [-0.4, -0.2) is 39.8 Å². The average Bonchev–Trinajstić information content (AvgIpc) is 2.54. The van der Waals surface area contributed by atoms with Crippen molar-refractivity contribution in [2.45, 2.75) is 0 Å². The monoisotopic (exact) mass is 300 g/mol. The summed E-state index contributed by atoms with van der Waals surface area (Å²) in [6.07, 6.45) is 5.52. The van der Waals surface area contributed by atoms with Gasteiger partial charge in [0, 0.05) is 18.0 Å². The van der Waals surface area contributed by atoms with Crippen molar-refractivity contribution < 1.29 is 19.4 Å². The highest BCUT2D eigenvalue weighted by Gasteiger charge is 2.06. The molecule has 0 bridgehead atoms. The van der Waals surface area contributed by atoms with Gasteiger partial charge in [0.25, 0.3) is 5.91 Å². The molecule has 0 saturated carbocycles. The second-order valence-electron chi connectivity index (χ2n) is 4.01. The lowest BCUT2D eigenvalue weighted by Gasteiger charge is -2.06. The van der Waals surface area contributed by atoms with Crippen LogP contribution in [0.15, 0.2) is 48.0 Å². The maximum atomic E-state index is 11.7. The number of hydrazone groups is 1. The molecule has 8 heteroatoms. The number of aliphatic carboxylic acids is 1. The number of carboxylic acid groups (broad SMARTS) is 1. The van der Waals surface area contributed by atoms with E-state index in [1.165, 1.54) is 24.8 Å². The number of carbonyl (C=O) groups is 2. The van der Waals surface area contributed by atoms with E-state index in [1.807, 2.05) is 0 Å². The van der Waals surface area contributed by atoms with E-state index in [2.05, 4.69) is 20.5 Å². The molecule has 1 aromatic carbocycles. The van der Waals surface area contributed by atoms with Crippen molar-refractivity contribution >= 4 is 18.1 Å². The van der Waals surface area contributed by atoms with E-state index >= 15 is 0 Å². The third-order valence-corrected chi connectivity index (χ3v) is 2.44. The smallest absolute Gasteiger partial charge is 0.341 e. The zero-order chi connectivity index (χ0) is 15.8. The first-order valence-electron chi connectivity index (χ1n) is 6.20. The highest BCUT2D eigenvalue weighted by atomic mass is 16.5. The van der Waals surface area contributed by atoms with E-state index in [0.29, 0.717) is 11.3 Å². The minimum atomic E-state index is -1.08. The zero-order valence-corrected chi connectivity index (χ0v) is 11.3. The maximum absolute atomic E-state index is 11.7. The largest absolute Gasteiger partial charge is 0.481 e. The van der Waals surface area contributed by atoms with Crippen LogP contribution in [0.4, 0.5) is 0 Å². The summed E-state index contributed by atoms with van der Waals surface area (Å²) in [5, 5.41) is 12.4. The molecule has 2 rings (SSSR count). The molecule has 0 aliphatic carbocycles. The minimum Gasteiger partial charge on any atom is -0.481 e. The van der Waals surface area contributed by atoms with E-state index in [0.717, 1.165) is 0 Å². The number of aromatic nitrogens is 2. The van der Waals surface area contributed by atoms with Crippen LogP contribution in [0.25, 0.3) is 0 Å². The highest BCUT2D eigenvalue weighted by Crippen LogP contribution is 2.15. The van der Waals surface area contributed by atoms with Crippen molar-refractivity contribution in [1.82, 2.24) is 15.4 Å². The van der Waals surface area contributed by atoms with E-state index in [4.69, 9.17) is 9.84 Å². The van der Waals surface area contributed by atoms with Gasteiger partial charge in [-0.25, -0.2) is 15.2 Å². The second kappa shape index (κ2) is 7.48. The van der Waals surface area contributed by atoms with E-state index in [9.17, 15) is 9.59 Å². The molecule has 0 unspecified atom stereocenters. The van der Waals surface area contributed by atoms with Crippen LogP contribution in [0.3, 0.4) is 0 Å². The van der Waals surface area contributed by atoms with Gasteiger partial charge >= 0.3 is 5.97 Å². The molecular formula is C14H12N4O4. The van der Waals surface area contributed by atoms with Gasteiger partial charge in [-0.15, -0.1) is 0 Å². The van der Waals surface area contributed by atoms with Gasteiger partial charge in [-0.05, 0) is 12.1 Å². The summed E-state index contributed by atoms with van der Waals surface area (Å²) in [5.41, 5.74) is 2.96. The van der Waals surface area contributed by atoms with Crippen LogP contribution in [0.1, 0.15) is 16.1 Å². The molecule has 112 valence electrons. The third kappa shape index (κ3) is 4.37. The molecule has 8 nitrogen and oxygen atoms in total. The van der Waals surface area contributed by atoms with Gasteiger partial charge in [0.1, 0.15) is 11.4 Å². The maximum Gasteiger partial charge on any atom is 0.341 e. The number of benzene rings is 1. The molecule has 22 heavy (non-hydrogen) atoms. The molecule has 1 aromatic heterocycles. The number of amides is 1. The molecule has 0 saturated heterocycles. The first-order valence-corrected chi connectivity index (χ1v) is 6.20. The molecule has 0 aliphatic rings. The Morgan fingerprint density at radius 2 is 2.14 bits per heavy atom. The Labute approximate surface area is 125 Å². The van der Waals surface area contributed by atoms with Crippen molar-refractivity contribution in [2.24, 2.45) is 5.10 Å². The Bertz CT molecular complexity index is 688. The van der Waals surface area contributed by atoms with Crippen molar-refractivity contribution in [3.8, 4) is 5.75 Å². The molecule has 2 N–H and O–H groups in total. The first kappa shape index (κ1) is 15.1. The highest BCUT2D eigenvalue weighted by molar-refractivity contribution is 5.93. The number of ether oxygens (including phenoxy) is 1. The summed E-state index contributed by atoms with van der Waals surface area (Å²) >= 11 is 0. The summed E-state index contributed by atoms with van der Waals surface area (Å²) in [6, 6.07) is 6.72. The standard InChI is InChI=1S/C14H12N4O4/c19-13(20)9-22-12-4-2-1-3-10(12)7-17-18-14(21)11-8-15-5-6-16-11/h1-8H,9H2,(H,18,21)(H,19,20). The SMILES string of the molecule is O=C(O)COc1ccccc1C=NNC(=O)c1cnccn1. The Morgan fingerprint density at radius 3 is 2.86 bits per heavy atom. The van der Waals surface area contributed by atoms with Crippen LogP contribution in [0, 0.1) is 0 Å². The number of carboxylic acids is 1. The van der Waals surface area contributed by atoms with Crippen LogP contribution < -0.4 is 10.2 Å². The fraction of sp³-hybridized carbons (Fsp3) is 0.0714. The number of nitrogens with one attached hydrogen (secondary N) is 1. The quantitative estimate of drug-likeness (QED) is 0.599. The summed E-state index contributed by atoms with van der Waals surface area (Å²) in [4.78, 5) is 29.8. The number of nitrogens with zero attached hydrogens (tertiary/aromatic N) is 3. The molecule has 0 aliphatic heterocycles. The number of hydrogen-bond acceptors (Lipinski definition) is 6. The lowest BCUT2D eigenvalue weighted by atomic mass is 10.2. The summed E-state index contributed by atoms with van der Waals surface area (Å²) < 4.78 is 5.11. The van der Waals surface area contributed by atoms with E-state index in [1.54, 1.807) is 24.3 Å². The van der Waals surface area contributed by atoms with E-state index < -0.39 is 18.5 Å². The molecule has 0 fully saturated rings. The number of carbonyl (C=O) groups excluding carboxylic acids is 1. The minimum absolute atomic E-state index is 0.134. The zero-order valence-electron chi connectivity index (χ0n) is 11.3. The predicted octanol–water partition coefficient (Wildman–Crippen LogP) is 0.704. The molecule has 2 aromatic rings. The fourth-order valence-electron chi connectivity index (χ4n) is 1.49. The van der Waals surface area contributed by atoms with Gasteiger partial charge in [-0.2, -0.15) is 5.10 Å². The lowest BCUT2D eigenvalue weighted by molar-refractivity contribution is -0.139. The normalized spacial score (nSPS) is 10.4. The number of rotatable bonds is 6. The first-order chi connectivity index (χ1) is 10.7. The molecular weight excluding hydrogens is 288 g/mol. The molecule has 1 amide bonds. The number of hydrogen-bond donors (Lipinski definition) is 2.